The molecule has 1 N–H and O–H groups in total. The predicted octanol–water partition coefficient (Wildman–Crippen LogP) is 4.27. The number of allylic oxidation sites excluding steroid dienone is 1. The van der Waals surface area contributed by atoms with Gasteiger partial charge in [0.25, 0.3) is 0 Å². The number of rotatable bonds is 6. The topological polar surface area (TPSA) is 12.0 Å². The lowest BCUT2D eigenvalue weighted by Crippen LogP contribution is -2.16. The summed E-state index contributed by atoms with van der Waals surface area (Å²) in [5.41, 5.74) is 2.40. The van der Waals surface area contributed by atoms with Gasteiger partial charge in [-0.15, -0.1) is 6.58 Å². The highest BCUT2D eigenvalue weighted by Crippen LogP contribution is 2.24. The van der Waals surface area contributed by atoms with Gasteiger partial charge in [-0.2, -0.15) is 0 Å². The Labute approximate surface area is 104 Å². The van der Waals surface area contributed by atoms with E-state index in [9.17, 15) is 0 Å². The lowest BCUT2D eigenvalue weighted by Gasteiger charge is -2.17. The average molecular weight is 238 g/mol. The fraction of sp³-hybridized carbons (Fsp3) is 0.429. The third-order valence-electron chi connectivity index (χ3n) is 2.85. The molecule has 1 unspecified atom stereocenters. The molecule has 0 heterocycles. The summed E-state index contributed by atoms with van der Waals surface area (Å²) in [6.07, 6.45) is 5.30. The van der Waals surface area contributed by atoms with E-state index in [1.54, 1.807) is 0 Å². The van der Waals surface area contributed by atoms with Gasteiger partial charge in [-0.3, -0.25) is 0 Å². The number of unbranched alkanes of at least 4 members (excludes halogenated alkanes) is 1. The molecule has 1 nitrogen and oxygen atoms in total. The third kappa shape index (κ3) is 3.66. The second-order valence-corrected chi connectivity index (χ2v) is 4.48. The molecular weight excluding hydrogens is 218 g/mol. The Hall–Kier alpha value is -0.790. The number of halogens is 1. The van der Waals surface area contributed by atoms with E-state index in [4.69, 9.17) is 11.6 Å². The van der Waals surface area contributed by atoms with E-state index in [1.807, 2.05) is 20.0 Å². The zero-order valence-corrected chi connectivity index (χ0v) is 10.8. The van der Waals surface area contributed by atoms with Crippen LogP contribution in [-0.2, 0) is 0 Å². The van der Waals surface area contributed by atoms with Crippen LogP contribution in [-0.4, -0.2) is 7.05 Å². The monoisotopic (exact) mass is 237 g/mol. The Morgan fingerprint density at radius 1 is 1.50 bits per heavy atom. The smallest absolute Gasteiger partial charge is 0.0438 e. The summed E-state index contributed by atoms with van der Waals surface area (Å²) < 4.78 is 0. The molecule has 0 radical (unpaired) electrons. The van der Waals surface area contributed by atoms with Crippen molar-refractivity contribution in [1.29, 1.82) is 0 Å². The Morgan fingerprint density at radius 2 is 2.25 bits per heavy atom. The number of benzene rings is 1. The van der Waals surface area contributed by atoms with E-state index in [2.05, 4.69) is 30.1 Å². The normalized spacial score (nSPS) is 12.4. The van der Waals surface area contributed by atoms with E-state index >= 15 is 0 Å². The molecule has 1 atom stereocenters. The number of hydrogen-bond acceptors (Lipinski definition) is 1. The Kier molecular flexibility index (Phi) is 5.58. The molecule has 0 spiro atoms. The highest BCUT2D eigenvalue weighted by molar-refractivity contribution is 6.31. The van der Waals surface area contributed by atoms with Gasteiger partial charge in [-0.1, -0.05) is 29.8 Å². The first kappa shape index (κ1) is 13.3. The number of nitrogens with one attached hydrogen (secondary N) is 1. The molecular formula is C14H20ClN. The third-order valence-corrected chi connectivity index (χ3v) is 3.25. The first-order valence-electron chi connectivity index (χ1n) is 5.73. The fourth-order valence-electron chi connectivity index (χ4n) is 1.77. The lowest BCUT2D eigenvalue weighted by atomic mass is 10.00. The van der Waals surface area contributed by atoms with Crippen LogP contribution < -0.4 is 5.32 Å². The highest BCUT2D eigenvalue weighted by Gasteiger charge is 2.09. The summed E-state index contributed by atoms with van der Waals surface area (Å²) in [7, 11) is 1.99. The van der Waals surface area contributed by atoms with Crippen LogP contribution in [0.2, 0.25) is 5.02 Å². The van der Waals surface area contributed by atoms with Crippen molar-refractivity contribution in [3.63, 3.8) is 0 Å². The Balaban J connectivity index is 2.70. The van der Waals surface area contributed by atoms with Crippen molar-refractivity contribution in [1.82, 2.24) is 5.32 Å². The van der Waals surface area contributed by atoms with Gasteiger partial charge in [-0.25, -0.2) is 0 Å². The molecule has 0 saturated heterocycles. The molecule has 88 valence electrons. The van der Waals surface area contributed by atoms with Gasteiger partial charge in [0, 0.05) is 11.1 Å². The predicted molar refractivity (Wildman–Crippen MR) is 72.0 cm³/mol. The van der Waals surface area contributed by atoms with Crippen molar-refractivity contribution in [3.05, 3.63) is 47.0 Å². The summed E-state index contributed by atoms with van der Waals surface area (Å²) in [6, 6.07) is 6.68. The molecule has 16 heavy (non-hydrogen) atoms. The lowest BCUT2D eigenvalue weighted by molar-refractivity contribution is 0.530. The van der Waals surface area contributed by atoms with Gasteiger partial charge >= 0.3 is 0 Å². The minimum atomic E-state index is 0.387. The van der Waals surface area contributed by atoms with Crippen LogP contribution in [0.3, 0.4) is 0 Å². The van der Waals surface area contributed by atoms with Gasteiger partial charge in [0.15, 0.2) is 0 Å². The zero-order chi connectivity index (χ0) is 12.0. The molecule has 1 aromatic rings. The van der Waals surface area contributed by atoms with Crippen LogP contribution >= 0.6 is 11.6 Å². The van der Waals surface area contributed by atoms with Gasteiger partial charge in [0.2, 0.25) is 0 Å². The standard InChI is InChI=1S/C14H20ClN/c1-4-5-6-7-14(16-3)12-9-8-11(2)13(15)10-12/h4,8-10,14,16H,1,5-7H2,2-3H3. The van der Waals surface area contributed by atoms with Gasteiger partial charge in [0.05, 0.1) is 0 Å². The second-order valence-electron chi connectivity index (χ2n) is 4.07. The van der Waals surface area contributed by atoms with E-state index in [0.29, 0.717) is 6.04 Å². The first-order chi connectivity index (χ1) is 7.69. The van der Waals surface area contributed by atoms with Crippen molar-refractivity contribution in [2.24, 2.45) is 0 Å². The van der Waals surface area contributed by atoms with Crippen molar-refractivity contribution in [2.75, 3.05) is 7.05 Å². The first-order valence-corrected chi connectivity index (χ1v) is 6.11. The largest absolute Gasteiger partial charge is 0.313 e. The summed E-state index contributed by atoms with van der Waals surface area (Å²) in [4.78, 5) is 0. The minimum absolute atomic E-state index is 0.387. The maximum absolute atomic E-state index is 6.13. The van der Waals surface area contributed by atoms with Crippen LogP contribution in [0.15, 0.2) is 30.9 Å². The second kappa shape index (κ2) is 6.72. The molecule has 0 fully saturated rings. The van der Waals surface area contributed by atoms with Crippen LogP contribution in [0, 0.1) is 6.92 Å². The quantitative estimate of drug-likeness (QED) is 0.576. The zero-order valence-electron chi connectivity index (χ0n) is 10.1. The minimum Gasteiger partial charge on any atom is -0.313 e. The van der Waals surface area contributed by atoms with Crippen LogP contribution in [0.25, 0.3) is 0 Å². The number of hydrogen-bond donors (Lipinski definition) is 1. The summed E-state index contributed by atoms with van der Waals surface area (Å²) in [5.74, 6) is 0. The van der Waals surface area contributed by atoms with Crippen LogP contribution in [0.5, 0.6) is 0 Å². The summed E-state index contributed by atoms with van der Waals surface area (Å²) in [6.45, 7) is 5.77. The molecule has 0 saturated carbocycles. The number of aryl methyl sites for hydroxylation is 1. The van der Waals surface area contributed by atoms with Gasteiger partial charge in [-0.05, 0) is 50.4 Å². The van der Waals surface area contributed by atoms with Crippen molar-refractivity contribution >= 4 is 11.6 Å². The SMILES string of the molecule is C=CCCCC(NC)c1ccc(C)c(Cl)c1. The van der Waals surface area contributed by atoms with E-state index in [0.717, 1.165) is 29.8 Å². The molecule has 0 bridgehead atoms. The van der Waals surface area contributed by atoms with E-state index in [1.165, 1.54) is 5.56 Å². The maximum Gasteiger partial charge on any atom is 0.0438 e. The molecule has 0 aliphatic rings. The summed E-state index contributed by atoms with van der Waals surface area (Å²) in [5, 5.41) is 4.18. The molecule has 1 aromatic carbocycles. The molecule has 0 aromatic heterocycles. The molecule has 0 aliphatic carbocycles. The van der Waals surface area contributed by atoms with E-state index < -0.39 is 0 Å². The van der Waals surface area contributed by atoms with Crippen LogP contribution in [0.1, 0.15) is 36.4 Å². The molecule has 0 amide bonds. The van der Waals surface area contributed by atoms with Crippen molar-refractivity contribution in [2.45, 2.75) is 32.2 Å². The van der Waals surface area contributed by atoms with Crippen molar-refractivity contribution in [3.8, 4) is 0 Å². The fourth-order valence-corrected chi connectivity index (χ4v) is 1.96. The molecule has 2 heteroatoms. The Morgan fingerprint density at radius 3 is 2.81 bits per heavy atom. The van der Waals surface area contributed by atoms with Crippen molar-refractivity contribution < 1.29 is 0 Å². The average Bonchev–Trinajstić information content (AvgIpc) is 2.29. The van der Waals surface area contributed by atoms with Crippen LogP contribution in [0.4, 0.5) is 0 Å². The molecule has 0 aliphatic heterocycles. The summed E-state index contributed by atoms with van der Waals surface area (Å²) >= 11 is 6.13. The molecule has 1 rings (SSSR count). The maximum atomic E-state index is 6.13. The van der Waals surface area contributed by atoms with Gasteiger partial charge in [0.1, 0.15) is 0 Å². The highest BCUT2D eigenvalue weighted by atomic mass is 35.5. The van der Waals surface area contributed by atoms with Gasteiger partial charge < -0.3 is 5.32 Å². The van der Waals surface area contributed by atoms with E-state index in [-0.39, 0.29) is 0 Å². The Bertz CT molecular complexity index is 347.